The molecule has 2 aliphatic rings. The molecular weight excluding hydrogens is 557 g/mol. The Hall–Kier alpha value is -3.31. The number of amides is 1. The highest BCUT2D eigenvalue weighted by atomic mass is 79.9. The van der Waals surface area contributed by atoms with Gasteiger partial charge in [-0.3, -0.25) is 4.52 Å². The Labute approximate surface area is 204 Å². The summed E-state index contributed by atoms with van der Waals surface area (Å²) in [6, 6.07) is 3.82. The molecule has 1 saturated heterocycles. The minimum Gasteiger partial charge on any atom is -0.464 e. The topological polar surface area (TPSA) is 186 Å². The maximum atomic E-state index is 13.7. The minimum atomic E-state index is -4.10. The minimum absolute atomic E-state index is 0.00698. The number of hydrogen-bond donors (Lipinski definition) is 3. The van der Waals surface area contributed by atoms with E-state index in [1.54, 1.807) is 4.72 Å². The molecule has 17 heteroatoms. The first-order valence-electron chi connectivity index (χ1n) is 10.3. The van der Waals surface area contributed by atoms with Crippen LogP contribution in [0.1, 0.15) is 12.8 Å². The largest absolute Gasteiger partial charge is 0.464 e. The van der Waals surface area contributed by atoms with E-state index in [-0.39, 0.29) is 58.5 Å². The summed E-state index contributed by atoms with van der Waals surface area (Å²) in [5, 5.41) is 23.4. The molecule has 186 valence electrons. The van der Waals surface area contributed by atoms with Gasteiger partial charge in [0.2, 0.25) is 11.6 Å². The van der Waals surface area contributed by atoms with E-state index in [4.69, 9.17) is 14.3 Å². The quantitative estimate of drug-likeness (QED) is 0.387. The van der Waals surface area contributed by atoms with Crippen LogP contribution in [0.15, 0.2) is 36.6 Å². The van der Waals surface area contributed by atoms with Crippen molar-refractivity contribution in [3.05, 3.63) is 39.0 Å². The monoisotopic (exact) mass is 573 g/mol. The standard InChI is InChI=1S/C18H17BrFN7O7S/c19-12-5-11(1-2-13(12)20)27-16(24-33-18(27)30)14-15(23-34-22-14)21-10-3-8-6-26(7-9(8)4-10)35(31,32)25-17(28)29/h1-2,5,8-10,25H,3-4,6-7H2,(H,21,23)(H,28,29). The lowest BCUT2D eigenvalue weighted by molar-refractivity contribution is 0.200. The molecule has 3 heterocycles. The molecule has 0 spiro atoms. The van der Waals surface area contributed by atoms with Crippen LogP contribution in [-0.4, -0.2) is 63.1 Å². The van der Waals surface area contributed by atoms with E-state index < -0.39 is 27.9 Å². The molecule has 1 aliphatic heterocycles. The Kier molecular flexibility index (Phi) is 5.84. The van der Waals surface area contributed by atoms with Gasteiger partial charge in [-0.1, -0.05) is 5.16 Å². The number of anilines is 1. The summed E-state index contributed by atoms with van der Waals surface area (Å²) >= 11 is 3.08. The first-order valence-corrected chi connectivity index (χ1v) is 12.5. The van der Waals surface area contributed by atoms with Crippen LogP contribution in [0.2, 0.25) is 0 Å². The van der Waals surface area contributed by atoms with Crippen LogP contribution in [0, 0.1) is 17.7 Å². The number of halogens is 2. The lowest BCUT2D eigenvalue weighted by Crippen LogP contribution is -2.42. The smallest absolute Gasteiger partial charge is 0.446 e. The zero-order chi connectivity index (χ0) is 24.9. The number of nitrogens with one attached hydrogen (secondary N) is 2. The van der Waals surface area contributed by atoms with E-state index in [1.165, 1.54) is 18.2 Å². The first-order chi connectivity index (χ1) is 16.6. The van der Waals surface area contributed by atoms with Crippen molar-refractivity contribution in [3.8, 4) is 17.2 Å². The summed E-state index contributed by atoms with van der Waals surface area (Å²) in [6.07, 6.45) is -0.453. The lowest BCUT2D eigenvalue weighted by Gasteiger charge is -2.19. The van der Waals surface area contributed by atoms with Crippen molar-refractivity contribution in [2.24, 2.45) is 11.8 Å². The van der Waals surface area contributed by atoms with Crippen molar-refractivity contribution in [1.82, 2.24) is 29.1 Å². The highest BCUT2D eigenvalue weighted by Crippen LogP contribution is 2.40. The van der Waals surface area contributed by atoms with Gasteiger partial charge in [0.05, 0.1) is 10.2 Å². The summed E-state index contributed by atoms with van der Waals surface area (Å²) < 4.78 is 51.5. The first kappa shape index (κ1) is 23.4. The number of benzene rings is 1. The van der Waals surface area contributed by atoms with Gasteiger partial charge in [0, 0.05) is 19.1 Å². The molecule has 14 nitrogen and oxygen atoms in total. The van der Waals surface area contributed by atoms with Crippen molar-refractivity contribution in [2.75, 3.05) is 18.4 Å². The molecule has 3 aromatic rings. The predicted molar refractivity (Wildman–Crippen MR) is 118 cm³/mol. The summed E-state index contributed by atoms with van der Waals surface area (Å²) in [6.45, 7) is 0.384. The molecule has 5 rings (SSSR count). The fourth-order valence-corrected chi connectivity index (χ4v) is 6.11. The molecule has 2 fully saturated rings. The second-order valence-electron chi connectivity index (χ2n) is 8.23. The maximum Gasteiger partial charge on any atom is 0.446 e. The van der Waals surface area contributed by atoms with Crippen LogP contribution in [-0.2, 0) is 10.2 Å². The Morgan fingerprint density at radius 1 is 1.20 bits per heavy atom. The van der Waals surface area contributed by atoms with Gasteiger partial charge < -0.3 is 10.4 Å². The number of aromatic nitrogens is 4. The van der Waals surface area contributed by atoms with E-state index in [0.29, 0.717) is 12.8 Å². The Morgan fingerprint density at radius 3 is 2.57 bits per heavy atom. The number of rotatable bonds is 6. The average Bonchev–Trinajstić information content (AvgIpc) is 3.53. The van der Waals surface area contributed by atoms with E-state index >= 15 is 0 Å². The molecule has 35 heavy (non-hydrogen) atoms. The van der Waals surface area contributed by atoms with E-state index in [2.05, 4.69) is 36.7 Å². The van der Waals surface area contributed by atoms with Crippen LogP contribution < -0.4 is 15.8 Å². The van der Waals surface area contributed by atoms with Crippen LogP contribution in [0.3, 0.4) is 0 Å². The number of nitrogens with zero attached hydrogens (tertiary/aromatic N) is 5. The molecule has 0 bridgehead atoms. The SMILES string of the molecule is O=C(O)NS(=O)(=O)N1CC2CC(Nc3nonc3-c3noc(=O)n3-c3ccc(F)c(Br)c3)CC2C1. The number of carbonyl (C=O) groups is 1. The van der Waals surface area contributed by atoms with Crippen molar-refractivity contribution in [2.45, 2.75) is 18.9 Å². The van der Waals surface area contributed by atoms with Gasteiger partial charge in [0.1, 0.15) is 5.82 Å². The van der Waals surface area contributed by atoms with Crippen LogP contribution in [0.4, 0.5) is 15.0 Å². The fraction of sp³-hybridized carbons (Fsp3) is 0.389. The normalized spacial score (nSPS) is 22.3. The third-order valence-electron chi connectivity index (χ3n) is 6.08. The van der Waals surface area contributed by atoms with E-state index in [0.717, 1.165) is 8.87 Å². The molecule has 1 aliphatic carbocycles. The predicted octanol–water partition coefficient (Wildman–Crippen LogP) is 1.41. The summed E-state index contributed by atoms with van der Waals surface area (Å²) in [5.41, 5.74) is 0.378. The zero-order valence-electron chi connectivity index (χ0n) is 17.6. The van der Waals surface area contributed by atoms with Crippen molar-refractivity contribution < 1.29 is 31.9 Å². The Bertz CT molecular complexity index is 1440. The molecule has 1 aromatic carbocycles. The Morgan fingerprint density at radius 2 is 1.91 bits per heavy atom. The van der Waals surface area contributed by atoms with Crippen molar-refractivity contribution >= 4 is 38.1 Å². The lowest BCUT2D eigenvalue weighted by atomic mass is 10.0. The van der Waals surface area contributed by atoms with E-state index in [9.17, 15) is 22.4 Å². The molecule has 2 unspecified atom stereocenters. The molecule has 2 atom stereocenters. The molecular formula is C18H17BrFN7O7S. The molecule has 2 aromatic heterocycles. The molecule has 1 amide bonds. The second kappa shape index (κ2) is 8.72. The number of carboxylic acid groups (broad SMARTS) is 1. The zero-order valence-corrected chi connectivity index (χ0v) is 20.0. The molecule has 0 radical (unpaired) electrons. The number of hydrogen-bond acceptors (Lipinski definition) is 10. The van der Waals surface area contributed by atoms with Gasteiger partial charge in [-0.05, 0) is 69.1 Å². The van der Waals surface area contributed by atoms with Gasteiger partial charge in [-0.2, -0.15) is 12.7 Å². The maximum absolute atomic E-state index is 13.7. The van der Waals surface area contributed by atoms with Crippen molar-refractivity contribution in [3.63, 3.8) is 0 Å². The highest BCUT2D eigenvalue weighted by molar-refractivity contribution is 9.10. The second-order valence-corrected chi connectivity index (χ2v) is 10.8. The van der Waals surface area contributed by atoms with E-state index in [1.807, 2.05) is 0 Å². The molecule has 1 saturated carbocycles. The van der Waals surface area contributed by atoms with Gasteiger partial charge in [-0.15, -0.1) is 0 Å². The van der Waals surface area contributed by atoms with Crippen LogP contribution in [0.5, 0.6) is 0 Å². The van der Waals surface area contributed by atoms with Crippen molar-refractivity contribution in [1.29, 1.82) is 0 Å². The summed E-state index contributed by atoms with van der Waals surface area (Å²) in [4.78, 5) is 23.1. The highest BCUT2D eigenvalue weighted by Gasteiger charge is 2.45. The third kappa shape index (κ3) is 4.41. The molecule has 3 N–H and O–H groups in total. The summed E-state index contributed by atoms with van der Waals surface area (Å²) in [5.74, 6) is -1.10. The Balaban J connectivity index is 1.33. The van der Waals surface area contributed by atoms with Gasteiger partial charge >= 0.3 is 22.1 Å². The van der Waals surface area contributed by atoms with Crippen LogP contribution >= 0.6 is 15.9 Å². The van der Waals surface area contributed by atoms with Gasteiger partial charge in [-0.25, -0.2) is 27.9 Å². The third-order valence-corrected chi connectivity index (χ3v) is 8.10. The van der Waals surface area contributed by atoms with Crippen LogP contribution in [0.25, 0.3) is 17.2 Å². The summed E-state index contributed by atoms with van der Waals surface area (Å²) in [7, 11) is -4.10. The van der Waals surface area contributed by atoms with Gasteiger partial charge in [0.25, 0.3) is 0 Å². The fourth-order valence-electron chi connectivity index (χ4n) is 4.62. The van der Waals surface area contributed by atoms with Gasteiger partial charge in [0.15, 0.2) is 5.69 Å². The number of fused-ring (bicyclic) bond motifs is 1. The average molecular weight is 574 g/mol.